The van der Waals surface area contributed by atoms with E-state index in [0.717, 1.165) is 33.5 Å². The van der Waals surface area contributed by atoms with Crippen molar-refractivity contribution in [1.82, 2.24) is 9.97 Å². The van der Waals surface area contributed by atoms with E-state index in [-0.39, 0.29) is 0 Å². The molecule has 0 radical (unpaired) electrons. The first-order valence-corrected chi connectivity index (χ1v) is 8.43. The molecule has 3 aromatic carbocycles. The lowest BCUT2D eigenvalue weighted by Gasteiger charge is -2.14. The number of aromatic amines is 1. The van der Waals surface area contributed by atoms with Gasteiger partial charge in [-0.3, -0.25) is 0 Å². The van der Waals surface area contributed by atoms with Crippen LogP contribution in [0, 0.1) is 13.8 Å². The van der Waals surface area contributed by atoms with Crippen molar-refractivity contribution >= 4 is 11.0 Å². The molecule has 3 nitrogen and oxygen atoms in total. The third kappa shape index (κ3) is 2.73. The van der Waals surface area contributed by atoms with Crippen molar-refractivity contribution in [3.05, 3.63) is 89.0 Å². The highest BCUT2D eigenvalue weighted by atomic mass is 16.3. The number of hydrogen-bond acceptors (Lipinski definition) is 2. The molecule has 1 heterocycles. The molecular weight excluding hydrogens is 308 g/mol. The molecule has 4 aromatic rings. The Kier molecular flexibility index (Phi) is 3.86. The minimum absolute atomic E-state index is 0.687. The summed E-state index contributed by atoms with van der Waals surface area (Å²) in [7, 11) is 0. The molecule has 0 aliphatic rings. The maximum atomic E-state index is 10.9. The second kappa shape index (κ2) is 6.19. The standard InChI is InChI=1S/C22H20N2O/c1-14-12-13-19-20(15(14)2)24-22(23-19)18-11-7-6-10-17(18)21(25)16-8-4-3-5-9-16/h3-13,21,25H,1-2H3,(H,23,24). The quantitative estimate of drug-likeness (QED) is 0.560. The first-order chi connectivity index (χ1) is 12.1. The van der Waals surface area contributed by atoms with Crippen LogP contribution in [-0.2, 0) is 0 Å². The van der Waals surface area contributed by atoms with Crippen LogP contribution < -0.4 is 0 Å². The van der Waals surface area contributed by atoms with Crippen molar-refractivity contribution < 1.29 is 5.11 Å². The van der Waals surface area contributed by atoms with Gasteiger partial charge in [0.25, 0.3) is 0 Å². The third-order valence-electron chi connectivity index (χ3n) is 4.80. The van der Waals surface area contributed by atoms with E-state index in [4.69, 9.17) is 4.98 Å². The van der Waals surface area contributed by atoms with E-state index in [1.54, 1.807) is 0 Å². The molecule has 25 heavy (non-hydrogen) atoms. The summed E-state index contributed by atoms with van der Waals surface area (Å²) in [5.41, 5.74) is 7.05. The zero-order valence-electron chi connectivity index (χ0n) is 14.3. The fourth-order valence-electron chi connectivity index (χ4n) is 3.21. The molecule has 1 aromatic heterocycles. The van der Waals surface area contributed by atoms with Gasteiger partial charge in [0.2, 0.25) is 0 Å². The van der Waals surface area contributed by atoms with Crippen LogP contribution in [-0.4, -0.2) is 15.1 Å². The molecule has 0 saturated carbocycles. The Morgan fingerprint density at radius 3 is 2.40 bits per heavy atom. The van der Waals surface area contributed by atoms with E-state index in [9.17, 15) is 5.11 Å². The second-order valence-corrected chi connectivity index (χ2v) is 6.39. The van der Waals surface area contributed by atoms with E-state index in [2.05, 4.69) is 31.0 Å². The van der Waals surface area contributed by atoms with E-state index >= 15 is 0 Å². The van der Waals surface area contributed by atoms with Crippen LogP contribution in [0.5, 0.6) is 0 Å². The van der Waals surface area contributed by atoms with Crippen LogP contribution >= 0.6 is 0 Å². The zero-order chi connectivity index (χ0) is 17.4. The molecule has 0 fully saturated rings. The predicted octanol–water partition coefficient (Wildman–Crippen LogP) is 4.93. The van der Waals surface area contributed by atoms with Gasteiger partial charge >= 0.3 is 0 Å². The summed E-state index contributed by atoms with van der Waals surface area (Å²) in [5.74, 6) is 0.786. The maximum absolute atomic E-state index is 10.9. The summed E-state index contributed by atoms with van der Waals surface area (Å²) in [6.45, 7) is 4.18. The Hall–Kier alpha value is -2.91. The molecule has 0 aliphatic heterocycles. The summed E-state index contributed by atoms with van der Waals surface area (Å²) in [4.78, 5) is 8.22. The van der Waals surface area contributed by atoms with Gasteiger partial charge in [-0.25, -0.2) is 4.98 Å². The minimum Gasteiger partial charge on any atom is -0.384 e. The van der Waals surface area contributed by atoms with Crippen LogP contribution in [0.1, 0.15) is 28.4 Å². The van der Waals surface area contributed by atoms with Crippen molar-refractivity contribution in [2.45, 2.75) is 20.0 Å². The molecule has 0 amide bonds. The van der Waals surface area contributed by atoms with Gasteiger partial charge in [0.1, 0.15) is 11.9 Å². The van der Waals surface area contributed by atoms with Gasteiger partial charge in [0.15, 0.2) is 0 Å². The smallest absolute Gasteiger partial charge is 0.138 e. The van der Waals surface area contributed by atoms with E-state index in [1.165, 1.54) is 11.1 Å². The molecule has 0 saturated heterocycles. The highest BCUT2D eigenvalue weighted by Crippen LogP contribution is 2.32. The first-order valence-electron chi connectivity index (χ1n) is 8.43. The Labute approximate surface area is 147 Å². The van der Waals surface area contributed by atoms with Crippen molar-refractivity contribution in [1.29, 1.82) is 0 Å². The van der Waals surface area contributed by atoms with Gasteiger partial charge in [-0.15, -0.1) is 0 Å². The van der Waals surface area contributed by atoms with Gasteiger partial charge < -0.3 is 10.1 Å². The van der Waals surface area contributed by atoms with Gasteiger partial charge in [0, 0.05) is 5.56 Å². The number of fused-ring (bicyclic) bond motifs is 1. The van der Waals surface area contributed by atoms with Gasteiger partial charge in [-0.1, -0.05) is 60.7 Å². The Morgan fingerprint density at radius 2 is 1.60 bits per heavy atom. The topological polar surface area (TPSA) is 48.9 Å². The summed E-state index contributed by atoms with van der Waals surface area (Å²) < 4.78 is 0. The van der Waals surface area contributed by atoms with E-state index < -0.39 is 6.10 Å². The Morgan fingerprint density at radius 1 is 0.880 bits per heavy atom. The molecule has 4 rings (SSSR count). The molecule has 1 unspecified atom stereocenters. The number of aromatic nitrogens is 2. The van der Waals surface area contributed by atoms with Crippen molar-refractivity contribution in [3.8, 4) is 11.4 Å². The molecule has 0 bridgehead atoms. The van der Waals surface area contributed by atoms with Gasteiger partial charge in [-0.05, 0) is 42.2 Å². The summed E-state index contributed by atoms with van der Waals surface area (Å²) in [6.07, 6.45) is -0.687. The third-order valence-corrected chi connectivity index (χ3v) is 4.80. The first kappa shape index (κ1) is 15.6. The largest absolute Gasteiger partial charge is 0.384 e. The highest BCUT2D eigenvalue weighted by molar-refractivity contribution is 5.83. The molecule has 124 valence electrons. The zero-order valence-corrected chi connectivity index (χ0v) is 14.3. The summed E-state index contributed by atoms with van der Waals surface area (Å²) in [5, 5.41) is 10.9. The number of aryl methyl sites for hydroxylation is 2. The molecule has 1 atom stereocenters. The number of rotatable bonds is 3. The van der Waals surface area contributed by atoms with Gasteiger partial charge in [0.05, 0.1) is 11.0 Å². The minimum atomic E-state index is -0.687. The highest BCUT2D eigenvalue weighted by Gasteiger charge is 2.17. The van der Waals surface area contributed by atoms with Crippen LogP contribution in [0.25, 0.3) is 22.4 Å². The Balaban J connectivity index is 1.86. The fourth-order valence-corrected chi connectivity index (χ4v) is 3.21. The monoisotopic (exact) mass is 328 g/mol. The maximum Gasteiger partial charge on any atom is 0.138 e. The SMILES string of the molecule is Cc1ccc2[nH]c(-c3ccccc3C(O)c3ccccc3)nc2c1C. The van der Waals surface area contributed by atoms with Crippen molar-refractivity contribution in [3.63, 3.8) is 0 Å². The van der Waals surface area contributed by atoms with Crippen LogP contribution in [0.2, 0.25) is 0 Å². The molecule has 3 heteroatoms. The fraction of sp³-hybridized carbons (Fsp3) is 0.136. The molecular formula is C22H20N2O. The number of nitrogens with zero attached hydrogens (tertiary/aromatic N) is 1. The molecule has 2 N–H and O–H groups in total. The molecule has 0 aliphatic carbocycles. The number of imidazole rings is 1. The lowest BCUT2D eigenvalue weighted by Crippen LogP contribution is -2.02. The number of benzene rings is 3. The lowest BCUT2D eigenvalue weighted by molar-refractivity contribution is 0.221. The lowest BCUT2D eigenvalue weighted by atomic mass is 9.96. The van der Waals surface area contributed by atoms with Crippen LogP contribution in [0.15, 0.2) is 66.7 Å². The predicted molar refractivity (Wildman–Crippen MR) is 102 cm³/mol. The van der Waals surface area contributed by atoms with Crippen molar-refractivity contribution in [2.24, 2.45) is 0 Å². The average molecular weight is 328 g/mol. The Bertz CT molecular complexity index is 1030. The van der Waals surface area contributed by atoms with Gasteiger partial charge in [-0.2, -0.15) is 0 Å². The normalized spacial score (nSPS) is 12.4. The summed E-state index contributed by atoms with van der Waals surface area (Å²) in [6, 6.07) is 21.7. The van der Waals surface area contributed by atoms with Crippen molar-refractivity contribution in [2.75, 3.05) is 0 Å². The second-order valence-electron chi connectivity index (χ2n) is 6.39. The number of H-pyrrole nitrogens is 1. The number of hydrogen-bond donors (Lipinski definition) is 2. The number of nitrogens with one attached hydrogen (secondary N) is 1. The molecule has 0 spiro atoms. The number of aliphatic hydroxyl groups excluding tert-OH is 1. The van der Waals surface area contributed by atoms with Crippen LogP contribution in [0.4, 0.5) is 0 Å². The van der Waals surface area contributed by atoms with Crippen LogP contribution in [0.3, 0.4) is 0 Å². The van der Waals surface area contributed by atoms with E-state index in [0.29, 0.717) is 0 Å². The van der Waals surface area contributed by atoms with E-state index in [1.807, 2.05) is 54.6 Å². The number of aliphatic hydroxyl groups is 1. The average Bonchev–Trinajstić information content (AvgIpc) is 3.10. The summed E-state index contributed by atoms with van der Waals surface area (Å²) >= 11 is 0.